The normalized spacial score (nSPS) is 11.1. The number of ether oxygens (including phenoxy) is 2. The molecule has 0 radical (unpaired) electrons. The molecule has 10 nitrogen and oxygen atoms in total. The van der Waals surface area contributed by atoms with Crippen LogP contribution in [-0.2, 0) is 30.3 Å². The molecule has 0 bridgehead atoms. The fourth-order valence-corrected chi connectivity index (χ4v) is 6.97. The first-order valence-electron chi connectivity index (χ1n) is 25.4. The standard InChI is InChI=1S/2C24H50O.Na.2H2O4S.H/c2*1-3-5-7-9-11-13-15-17-19-21-23-25-24-22-20-18-16-14-12-10-8-6-4-2;;2*1-5(2,3)4;/h2*3-24H2,1-2H3;;2*(H2,1,2,3,4);. The molecule has 0 aliphatic rings. The van der Waals surface area contributed by atoms with Crippen LogP contribution in [0.15, 0.2) is 0 Å². The second-order valence-electron chi connectivity index (χ2n) is 16.8. The molecule has 0 aromatic carbocycles. The Bertz CT molecular complexity index is 820. The third kappa shape index (κ3) is 105. The van der Waals surface area contributed by atoms with Gasteiger partial charge in [-0.2, -0.15) is 16.8 Å². The van der Waals surface area contributed by atoms with Crippen LogP contribution in [-0.4, -0.2) is 91.0 Å². The van der Waals surface area contributed by atoms with Crippen molar-refractivity contribution in [1.29, 1.82) is 0 Å². The molecule has 0 amide bonds. The fraction of sp³-hybridized carbons (Fsp3) is 1.00. The van der Waals surface area contributed by atoms with Gasteiger partial charge in [0.05, 0.1) is 0 Å². The number of unbranched alkanes of at least 4 members (excludes halogenated alkanes) is 36. The Balaban J connectivity index is -0.000000276. The van der Waals surface area contributed by atoms with Crippen LogP contribution >= 0.6 is 0 Å². The Morgan fingerprint density at radius 1 is 0.246 bits per heavy atom. The summed E-state index contributed by atoms with van der Waals surface area (Å²) in [5, 5.41) is 0. The molecule has 0 saturated heterocycles. The van der Waals surface area contributed by atoms with E-state index in [9.17, 15) is 0 Å². The summed E-state index contributed by atoms with van der Waals surface area (Å²) >= 11 is 0. The molecule has 0 aromatic rings. The monoisotopic (exact) mass is 929 g/mol. The van der Waals surface area contributed by atoms with E-state index >= 15 is 0 Å². The average molecular weight is 929 g/mol. The molecule has 0 unspecified atom stereocenters. The first kappa shape index (κ1) is 70.7. The molecule has 0 rings (SSSR count). The van der Waals surface area contributed by atoms with Gasteiger partial charge in [-0.05, 0) is 25.7 Å². The quantitative estimate of drug-likeness (QED) is 0.0262. The second-order valence-corrected chi connectivity index (χ2v) is 18.6. The van der Waals surface area contributed by atoms with E-state index in [1.807, 2.05) is 0 Å². The van der Waals surface area contributed by atoms with Gasteiger partial charge in [0.2, 0.25) is 0 Å². The van der Waals surface area contributed by atoms with Crippen LogP contribution in [0.2, 0.25) is 0 Å². The van der Waals surface area contributed by atoms with E-state index < -0.39 is 20.8 Å². The van der Waals surface area contributed by atoms with Gasteiger partial charge in [0.15, 0.2) is 0 Å². The third-order valence-corrected chi connectivity index (χ3v) is 10.6. The summed E-state index contributed by atoms with van der Waals surface area (Å²) in [4.78, 5) is 0. The van der Waals surface area contributed by atoms with Gasteiger partial charge < -0.3 is 9.47 Å². The van der Waals surface area contributed by atoms with Gasteiger partial charge in [-0.1, -0.05) is 259 Å². The molecule has 13 heteroatoms. The zero-order chi connectivity index (χ0) is 45.5. The molecule has 0 aliphatic carbocycles. The minimum absolute atomic E-state index is 0. The minimum atomic E-state index is -4.67. The Hall–Kier alpha value is 0.660. The van der Waals surface area contributed by atoms with Gasteiger partial charge in [0.25, 0.3) is 0 Å². The molecule has 370 valence electrons. The zero-order valence-electron chi connectivity index (χ0n) is 40.2. The van der Waals surface area contributed by atoms with Crippen LogP contribution in [0.4, 0.5) is 0 Å². The Morgan fingerprint density at radius 2 is 0.344 bits per heavy atom. The van der Waals surface area contributed by atoms with Gasteiger partial charge in [-0.25, -0.2) is 0 Å². The number of rotatable bonds is 44. The van der Waals surface area contributed by atoms with Gasteiger partial charge in [0, 0.05) is 26.4 Å². The van der Waals surface area contributed by atoms with E-state index in [0.717, 1.165) is 26.4 Å². The molecule has 0 atom stereocenters. The van der Waals surface area contributed by atoms with Crippen molar-refractivity contribution in [3.63, 3.8) is 0 Å². The van der Waals surface area contributed by atoms with E-state index in [0.29, 0.717) is 0 Å². The van der Waals surface area contributed by atoms with Crippen LogP contribution in [0.5, 0.6) is 0 Å². The van der Waals surface area contributed by atoms with Crippen molar-refractivity contribution in [2.24, 2.45) is 0 Å². The summed E-state index contributed by atoms with van der Waals surface area (Å²) in [6.07, 6.45) is 56.3. The zero-order valence-corrected chi connectivity index (χ0v) is 41.8. The first-order chi connectivity index (χ1) is 28.8. The maximum atomic E-state index is 8.74. The molecule has 61 heavy (non-hydrogen) atoms. The van der Waals surface area contributed by atoms with E-state index in [1.54, 1.807) is 0 Å². The van der Waals surface area contributed by atoms with Crippen LogP contribution < -0.4 is 0 Å². The van der Waals surface area contributed by atoms with Crippen LogP contribution in [0.3, 0.4) is 0 Å². The van der Waals surface area contributed by atoms with Crippen LogP contribution in [0.25, 0.3) is 0 Å². The molecule has 0 aromatic heterocycles. The predicted octanol–water partition coefficient (Wildman–Crippen LogP) is 15.7. The molecule has 0 aliphatic heterocycles. The van der Waals surface area contributed by atoms with Crippen molar-refractivity contribution < 1.29 is 44.5 Å². The number of hydrogen-bond acceptors (Lipinski definition) is 6. The number of hydrogen-bond donors (Lipinski definition) is 4. The second kappa shape index (κ2) is 62.7. The molecule has 4 N–H and O–H groups in total. The van der Waals surface area contributed by atoms with Crippen LogP contribution in [0, 0.1) is 0 Å². The molecule has 0 saturated carbocycles. The van der Waals surface area contributed by atoms with Crippen LogP contribution in [0.1, 0.15) is 285 Å². The predicted molar refractivity (Wildman–Crippen MR) is 265 cm³/mol. The molecule has 0 heterocycles. The topological polar surface area (TPSA) is 168 Å². The summed E-state index contributed by atoms with van der Waals surface area (Å²) in [6, 6.07) is 0. The van der Waals surface area contributed by atoms with Crippen molar-refractivity contribution in [3.05, 3.63) is 0 Å². The summed E-state index contributed by atoms with van der Waals surface area (Å²) in [7, 11) is -9.33. The molecular formula is C48H105NaO10S2. The third-order valence-electron chi connectivity index (χ3n) is 10.6. The van der Waals surface area contributed by atoms with Crippen molar-refractivity contribution in [3.8, 4) is 0 Å². The Labute approximate surface area is 403 Å². The van der Waals surface area contributed by atoms with Gasteiger partial charge >= 0.3 is 50.4 Å². The van der Waals surface area contributed by atoms with Crippen molar-refractivity contribution in [2.75, 3.05) is 26.4 Å². The summed E-state index contributed by atoms with van der Waals surface area (Å²) in [5.74, 6) is 0. The van der Waals surface area contributed by atoms with Gasteiger partial charge in [-0.15, -0.1) is 0 Å². The first-order valence-corrected chi connectivity index (χ1v) is 28.2. The molecular weight excluding hydrogens is 824 g/mol. The molecule has 0 fully saturated rings. The summed E-state index contributed by atoms with van der Waals surface area (Å²) in [6.45, 7) is 13.1. The average Bonchev–Trinajstić information content (AvgIpc) is 3.18. The van der Waals surface area contributed by atoms with E-state index in [-0.39, 0.29) is 29.6 Å². The van der Waals surface area contributed by atoms with Crippen molar-refractivity contribution in [2.45, 2.75) is 285 Å². The van der Waals surface area contributed by atoms with Crippen molar-refractivity contribution >= 4 is 50.4 Å². The van der Waals surface area contributed by atoms with E-state index in [2.05, 4.69) is 27.7 Å². The Morgan fingerprint density at radius 3 is 0.459 bits per heavy atom. The van der Waals surface area contributed by atoms with Crippen molar-refractivity contribution in [1.82, 2.24) is 0 Å². The van der Waals surface area contributed by atoms with Gasteiger partial charge in [0.1, 0.15) is 0 Å². The molecule has 0 spiro atoms. The van der Waals surface area contributed by atoms with E-state index in [4.69, 9.17) is 44.5 Å². The van der Waals surface area contributed by atoms with Gasteiger partial charge in [-0.3, -0.25) is 18.2 Å². The summed E-state index contributed by atoms with van der Waals surface area (Å²) < 4.78 is 74.7. The SMILES string of the molecule is CCCCCCCCCCCCOCCCCCCCCCCCC.CCCCCCCCCCCCOCCCCCCCCCCCC.O=S(=O)(O)O.O=S(=O)(O)O.[NaH]. The summed E-state index contributed by atoms with van der Waals surface area (Å²) in [5.41, 5.74) is 0. The maximum absolute atomic E-state index is 8.74. The fourth-order valence-electron chi connectivity index (χ4n) is 6.97. The van der Waals surface area contributed by atoms with E-state index in [1.165, 1.54) is 257 Å². The Kier molecular flexibility index (Phi) is 72.7.